The molecule has 0 aliphatic heterocycles. The smallest absolute Gasteiger partial charge is 0.227 e. The summed E-state index contributed by atoms with van der Waals surface area (Å²) in [4.78, 5) is 14.4. The number of nitrogens with one attached hydrogen (secondary N) is 1. The molecule has 3 N–H and O–H groups in total. The molecule has 5 nitrogen and oxygen atoms in total. The molecule has 1 aliphatic carbocycles. The van der Waals surface area contributed by atoms with Gasteiger partial charge in [-0.3, -0.25) is 9.89 Å². The number of nitrogens with zero attached hydrogens (tertiary/aromatic N) is 2. The normalized spacial score (nSPS) is 18.5. The zero-order valence-corrected chi connectivity index (χ0v) is 12.3. The van der Waals surface area contributed by atoms with Crippen molar-refractivity contribution in [2.45, 2.75) is 45.1 Å². The van der Waals surface area contributed by atoms with Gasteiger partial charge in [0.25, 0.3) is 0 Å². The Hall–Kier alpha value is -1.36. The third-order valence-corrected chi connectivity index (χ3v) is 4.39. The van der Waals surface area contributed by atoms with Crippen LogP contribution in [-0.4, -0.2) is 34.6 Å². The summed E-state index contributed by atoms with van der Waals surface area (Å²) in [5.74, 6) is 0.618. The molecule has 1 aromatic rings. The van der Waals surface area contributed by atoms with Crippen LogP contribution in [0.1, 0.15) is 44.1 Å². The van der Waals surface area contributed by atoms with E-state index in [0.29, 0.717) is 19.0 Å². The van der Waals surface area contributed by atoms with Crippen LogP contribution >= 0.6 is 0 Å². The molecular weight excluding hydrogens is 252 g/mol. The number of carbonyl (C=O) groups is 1. The van der Waals surface area contributed by atoms with Gasteiger partial charge in [0.1, 0.15) is 0 Å². The Balaban J connectivity index is 1.96. The molecule has 1 heterocycles. The third-order valence-electron chi connectivity index (χ3n) is 4.39. The van der Waals surface area contributed by atoms with Crippen LogP contribution < -0.4 is 5.73 Å². The largest absolute Gasteiger partial charge is 0.341 e. The Morgan fingerprint density at radius 2 is 2.15 bits per heavy atom. The minimum atomic E-state index is -0.0231. The topological polar surface area (TPSA) is 75.0 Å². The summed E-state index contributed by atoms with van der Waals surface area (Å²) < 4.78 is 0. The first kappa shape index (κ1) is 15.0. The van der Waals surface area contributed by atoms with Crippen molar-refractivity contribution in [1.29, 1.82) is 0 Å². The summed E-state index contributed by atoms with van der Waals surface area (Å²) in [6.07, 6.45) is 10.9. The standard InChI is InChI=1S/C15H26N4O/c1-19(11-12-9-17-18-10-12)15(20)14(8-16)13-6-4-2-3-5-7-13/h9-10,13-14H,2-8,11,16H2,1H3,(H,17,18). The maximum Gasteiger partial charge on any atom is 0.227 e. The van der Waals surface area contributed by atoms with Crippen molar-refractivity contribution in [2.24, 2.45) is 17.6 Å². The Morgan fingerprint density at radius 3 is 2.70 bits per heavy atom. The van der Waals surface area contributed by atoms with Crippen molar-refractivity contribution in [2.75, 3.05) is 13.6 Å². The lowest BCUT2D eigenvalue weighted by atomic mass is 9.85. The summed E-state index contributed by atoms with van der Waals surface area (Å²) in [6.45, 7) is 1.05. The third kappa shape index (κ3) is 3.82. The van der Waals surface area contributed by atoms with Crippen LogP contribution in [0.2, 0.25) is 0 Å². The van der Waals surface area contributed by atoms with E-state index in [-0.39, 0.29) is 11.8 Å². The van der Waals surface area contributed by atoms with E-state index in [1.165, 1.54) is 25.7 Å². The number of rotatable bonds is 5. The fourth-order valence-corrected chi connectivity index (χ4v) is 3.21. The summed E-state index contributed by atoms with van der Waals surface area (Å²) in [7, 11) is 1.86. The first-order valence-corrected chi connectivity index (χ1v) is 7.65. The highest BCUT2D eigenvalue weighted by atomic mass is 16.2. The monoisotopic (exact) mass is 278 g/mol. The number of aromatic amines is 1. The van der Waals surface area contributed by atoms with Crippen LogP contribution in [0.25, 0.3) is 0 Å². The van der Waals surface area contributed by atoms with Gasteiger partial charge in [-0.2, -0.15) is 5.10 Å². The van der Waals surface area contributed by atoms with Crippen LogP contribution in [-0.2, 0) is 11.3 Å². The van der Waals surface area contributed by atoms with Gasteiger partial charge in [0.2, 0.25) is 5.91 Å². The van der Waals surface area contributed by atoms with E-state index in [1.807, 2.05) is 13.2 Å². The number of hydrogen-bond acceptors (Lipinski definition) is 3. The van der Waals surface area contributed by atoms with Crippen molar-refractivity contribution < 1.29 is 4.79 Å². The van der Waals surface area contributed by atoms with Crippen LogP contribution in [0, 0.1) is 11.8 Å². The first-order valence-electron chi connectivity index (χ1n) is 7.65. The zero-order valence-electron chi connectivity index (χ0n) is 12.3. The van der Waals surface area contributed by atoms with E-state index in [2.05, 4.69) is 10.2 Å². The van der Waals surface area contributed by atoms with Gasteiger partial charge in [0.15, 0.2) is 0 Å². The average Bonchev–Trinajstić information content (AvgIpc) is 2.81. The van der Waals surface area contributed by atoms with Gasteiger partial charge in [-0.25, -0.2) is 0 Å². The number of carbonyl (C=O) groups excluding carboxylic acids is 1. The van der Waals surface area contributed by atoms with E-state index in [9.17, 15) is 4.79 Å². The van der Waals surface area contributed by atoms with Crippen LogP contribution in [0.15, 0.2) is 12.4 Å². The quantitative estimate of drug-likeness (QED) is 0.808. The highest BCUT2D eigenvalue weighted by molar-refractivity contribution is 5.79. The van der Waals surface area contributed by atoms with E-state index < -0.39 is 0 Å². The second-order valence-corrected chi connectivity index (χ2v) is 5.89. The van der Waals surface area contributed by atoms with Gasteiger partial charge in [-0.15, -0.1) is 0 Å². The van der Waals surface area contributed by atoms with Gasteiger partial charge in [0, 0.05) is 31.9 Å². The van der Waals surface area contributed by atoms with Crippen LogP contribution in [0.4, 0.5) is 0 Å². The lowest BCUT2D eigenvalue weighted by molar-refractivity contribution is -0.136. The average molecular weight is 278 g/mol. The van der Waals surface area contributed by atoms with Crippen molar-refractivity contribution in [3.05, 3.63) is 18.0 Å². The predicted molar refractivity (Wildman–Crippen MR) is 78.8 cm³/mol. The molecule has 0 spiro atoms. The fraction of sp³-hybridized carbons (Fsp3) is 0.733. The SMILES string of the molecule is CN(Cc1cn[nH]c1)C(=O)C(CN)C1CCCCCC1. The number of nitrogens with two attached hydrogens (primary N) is 1. The summed E-state index contributed by atoms with van der Waals surface area (Å²) in [6, 6.07) is 0. The highest BCUT2D eigenvalue weighted by Crippen LogP contribution is 2.29. The van der Waals surface area contributed by atoms with Gasteiger partial charge in [-0.05, 0) is 18.8 Å². The zero-order chi connectivity index (χ0) is 14.4. The second kappa shape index (κ2) is 7.43. The lowest BCUT2D eigenvalue weighted by Gasteiger charge is -2.28. The van der Waals surface area contributed by atoms with E-state index >= 15 is 0 Å². The fourth-order valence-electron chi connectivity index (χ4n) is 3.21. The van der Waals surface area contributed by atoms with Crippen LogP contribution in [0.3, 0.4) is 0 Å². The maximum atomic E-state index is 12.6. The molecule has 2 rings (SSSR count). The molecule has 0 saturated heterocycles. The molecule has 0 radical (unpaired) electrons. The summed E-state index contributed by atoms with van der Waals surface area (Å²) in [5.41, 5.74) is 6.93. The Kier molecular flexibility index (Phi) is 5.59. The molecule has 5 heteroatoms. The molecule has 0 bridgehead atoms. The lowest BCUT2D eigenvalue weighted by Crippen LogP contribution is -2.40. The maximum absolute atomic E-state index is 12.6. The second-order valence-electron chi connectivity index (χ2n) is 5.89. The molecule has 20 heavy (non-hydrogen) atoms. The molecule has 1 amide bonds. The molecule has 1 fully saturated rings. The van der Waals surface area contributed by atoms with Gasteiger partial charge in [-0.1, -0.05) is 25.7 Å². The van der Waals surface area contributed by atoms with Crippen molar-refractivity contribution in [3.8, 4) is 0 Å². The molecule has 1 aliphatic rings. The Morgan fingerprint density at radius 1 is 1.45 bits per heavy atom. The molecule has 1 atom stereocenters. The molecule has 1 aromatic heterocycles. The molecular formula is C15H26N4O. The molecule has 112 valence electrons. The van der Waals surface area contributed by atoms with Crippen molar-refractivity contribution in [3.63, 3.8) is 0 Å². The first-order chi connectivity index (χ1) is 9.72. The number of hydrogen-bond donors (Lipinski definition) is 2. The number of aromatic nitrogens is 2. The van der Waals surface area contributed by atoms with Gasteiger partial charge in [0.05, 0.1) is 12.1 Å². The van der Waals surface area contributed by atoms with Gasteiger partial charge < -0.3 is 10.6 Å². The highest BCUT2D eigenvalue weighted by Gasteiger charge is 2.29. The van der Waals surface area contributed by atoms with E-state index in [0.717, 1.165) is 18.4 Å². The molecule has 1 saturated carbocycles. The van der Waals surface area contributed by atoms with E-state index in [1.54, 1.807) is 11.1 Å². The van der Waals surface area contributed by atoms with Gasteiger partial charge >= 0.3 is 0 Å². The minimum Gasteiger partial charge on any atom is -0.341 e. The van der Waals surface area contributed by atoms with E-state index in [4.69, 9.17) is 5.73 Å². The van der Waals surface area contributed by atoms with Crippen molar-refractivity contribution >= 4 is 5.91 Å². The number of amides is 1. The number of H-pyrrole nitrogens is 1. The predicted octanol–water partition coefficient (Wildman–Crippen LogP) is 1.91. The van der Waals surface area contributed by atoms with Crippen molar-refractivity contribution in [1.82, 2.24) is 15.1 Å². The Labute approximate surface area is 120 Å². The Bertz CT molecular complexity index is 396. The molecule has 0 aromatic carbocycles. The summed E-state index contributed by atoms with van der Waals surface area (Å²) >= 11 is 0. The summed E-state index contributed by atoms with van der Waals surface area (Å²) in [5, 5.41) is 6.69. The molecule has 1 unspecified atom stereocenters. The van der Waals surface area contributed by atoms with Crippen LogP contribution in [0.5, 0.6) is 0 Å². The minimum absolute atomic E-state index is 0.0231.